The normalized spacial score (nSPS) is 16.5. The summed E-state index contributed by atoms with van der Waals surface area (Å²) >= 11 is 0. The molecule has 1 saturated heterocycles. The Hall–Kier alpha value is -2.82. The zero-order valence-corrected chi connectivity index (χ0v) is 15.7. The van der Waals surface area contributed by atoms with Crippen molar-refractivity contribution in [1.82, 2.24) is 4.90 Å². The first kappa shape index (κ1) is 18.0. The molecule has 1 aliphatic rings. The fourth-order valence-electron chi connectivity index (χ4n) is 3.49. The average Bonchev–Trinajstić information content (AvgIpc) is 2.60. The highest BCUT2D eigenvalue weighted by Gasteiger charge is 2.41. The molecule has 0 aromatic heterocycles. The van der Waals surface area contributed by atoms with Crippen LogP contribution in [0.3, 0.4) is 0 Å². The van der Waals surface area contributed by atoms with Crippen molar-refractivity contribution in [3.63, 3.8) is 0 Å². The Morgan fingerprint density at radius 1 is 1.12 bits per heavy atom. The zero-order valence-electron chi connectivity index (χ0n) is 15.7. The van der Waals surface area contributed by atoms with Crippen LogP contribution in [-0.2, 0) is 4.79 Å². The second-order valence-corrected chi connectivity index (χ2v) is 7.27. The van der Waals surface area contributed by atoms with Crippen LogP contribution in [0.1, 0.15) is 29.8 Å². The number of rotatable bonds is 3. The van der Waals surface area contributed by atoms with Crippen LogP contribution >= 0.6 is 0 Å². The van der Waals surface area contributed by atoms with Gasteiger partial charge < -0.3 is 14.5 Å². The van der Waals surface area contributed by atoms with E-state index in [0.29, 0.717) is 12.1 Å². The Bertz CT molecular complexity index is 827. The van der Waals surface area contributed by atoms with Gasteiger partial charge in [0.2, 0.25) is 5.91 Å². The number of ether oxygens (including phenoxy) is 1. The van der Waals surface area contributed by atoms with Crippen LogP contribution in [0.25, 0.3) is 0 Å². The minimum atomic E-state index is -0.511. The van der Waals surface area contributed by atoms with Crippen LogP contribution in [0.2, 0.25) is 0 Å². The number of aryl methyl sites for hydroxylation is 1. The Kier molecular flexibility index (Phi) is 4.72. The molecule has 1 heterocycles. The van der Waals surface area contributed by atoms with E-state index in [1.165, 1.54) is 0 Å². The topological polar surface area (TPSA) is 49.9 Å². The predicted molar refractivity (Wildman–Crippen MR) is 102 cm³/mol. The first-order valence-corrected chi connectivity index (χ1v) is 8.65. The molecule has 0 bridgehead atoms. The number of methoxy groups -OCH3 is 1. The molecule has 2 aromatic carbocycles. The highest BCUT2D eigenvalue weighted by molar-refractivity contribution is 6.02. The molecule has 136 valence electrons. The molecular formula is C21H24N2O3. The molecule has 2 aromatic rings. The Balaban J connectivity index is 1.84. The van der Waals surface area contributed by atoms with Gasteiger partial charge in [-0.05, 0) is 57.2 Å². The SMILES string of the molecule is COc1ccc(N2C(=O)CN(C(=O)c3cccc(C)c3)CC2(C)C)cc1. The number of piperazine rings is 1. The molecule has 0 aliphatic carbocycles. The maximum absolute atomic E-state index is 12.9. The summed E-state index contributed by atoms with van der Waals surface area (Å²) in [6.07, 6.45) is 0. The van der Waals surface area contributed by atoms with Crippen molar-refractivity contribution in [3.8, 4) is 5.75 Å². The number of anilines is 1. The van der Waals surface area contributed by atoms with Gasteiger partial charge in [0.25, 0.3) is 5.91 Å². The second kappa shape index (κ2) is 6.83. The lowest BCUT2D eigenvalue weighted by atomic mass is 9.96. The molecule has 1 aliphatic heterocycles. The molecule has 0 N–H and O–H groups in total. The number of carbonyl (C=O) groups excluding carboxylic acids is 2. The lowest BCUT2D eigenvalue weighted by Crippen LogP contribution is -2.63. The molecule has 0 unspecified atom stereocenters. The van der Waals surface area contributed by atoms with Gasteiger partial charge in [-0.25, -0.2) is 0 Å². The second-order valence-electron chi connectivity index (χ2n) is 7.27. The van der Waals surface area contributed by atoms with Gasteiger partial charge in [0.1, 0.15) is 12.3 Å². The number of hydrogen-bond donors (Lipinski definition) is 0. The third-order valence-corrected chi connectivity index (χ3v) is 4.64. The van der Waals surface area contributed by atoms with Crippen LogP contribution in [0, 0.1) is 6.92 Å². The number of benzene rings is 2. The number of carbonyl (C=O) groups is 2. The van der Waals surface area contributed by atoms with E-state index in [-0.39, 0.29) is 18.4 Å². The van der Waals surface area contributed by atoms with E-state index < -0.39 is 5.54 Å². The van der Waals surface area contributed by atoms with Crippen molar-refractivity contribution in [2.24, 2.45) is 0 Å². The van der Waals surface area contributed by atoms with Crippen molar-refractivity contribution in [1.29, 1.82) is 0 Å². The summed E-state index contributed by atoms with van der Waals surface area (Å²) in [5.41, 5.74) is 1.94. The Morgan fingerprint density at radius 2 is 1.81 bits per heavy atom. The largest absolute Gasteiger partial charge is 0.497 e. The standard InChI is InChI=1S/C21H24N2O3/c1-15-6-5-7-16(12-15)20(25)22-13-19(24)23(21(2,3)14-22)17-8-10-18(26-4)11-9-17/h5-12H,13-14H2,1-4H3. The molecule has 2 amide bonds. The zero-order chi connectivity index (χ0) is 18.9. The van der Waals surface area contributed by atoms with Crippen molar-refractivity contribution < 1.29 is 14.3 Å². The van der Waals surface area contributed by atoms with Crippen molar-refractivity contribution in [2.45, 2.75) is 26.3 Å². The molecule has 0 saturated carbocycles. The average molecular weight is 352 g/mol. The smallest absolute Gasteiger partial charge is 0.254 e. The quantitative estimate of drug-likeness (QED) is 0.852. The minimum Gasteiger partial charge on any atom is -0.497 e. The van der Waals surface area contributed by atoms with Gasteiger partial charge in [-0.2, -0.15) is 0 Å². The maximum atomic E-state index is 12.9. The summed E-state index contributed by atoms with van der Waals surface area (Å²) in [4.78, 5) is 29.1. The van der Waals surface area contributed by atoms with Crippen molar-refractivity contribution >= 4 is 17.5 Å². The molecule has 0 radical (unpaired) electrons. The van der Waals surface area contributed by atoms with Crippen LogP contribution < -0.4 is 9.64 Å². The Labute approximate surface area is 154 Å². The summed E-state index contributed by atoms with van der Waals surface area (Å²) in [7, 11) is 1.61. The van der Waals surface area contributed by atoms with Gasteiger partial charge in [-0.3, -0.25) is 9.59 Å². The van der Waals surface area contributed by atoms with E-state index in [1.54, 1.807) is 23.0 Å². The van der Waals surface area contributed by atoms with E-state index in [4.69, 9.17) is 4.74 Å². The minimum absolute atomic E-state index is 0.0717. The van der Waals surface area contributed by atoms with Gasteiger partial charge in [-0.1, -0.05) is 17.7 Å². The molecular weight excluding hydrogens is 328 g/mol. The summed E-state index contributed by atoms with van der Waals surface area (Å²) in [6.45, 7) is 6.45. The summed E-state index contributed by atoms with van der Waals surface area (Å²) in [6, 6.07) is 14.9. The van der Waals surface area contributed by atoms with E-state index in [9.17, 15) is 9.59 Å². The third kappa shape index (κ3) is 3.43. The fourth-order valence-corrected chi connectivity index (χ4v) is 3.49. The molecule has 3 rings (SSSR count). The molecule has 0 spiro atoms. The molecule has 0 atom stereocenters. The van der Waals surface area contributed by atoms with Gasteiger partial charge in [-0.15, -0.1) is 0 Å². The van der Waals surface area contributed by atoms with Gasteiger partial charge in [0.05, 0.1) is 12.6 Å². The first-order chi connectivity index (χ1) is 12.3. The summed E-state index contributed by atoms with van der Waals surface area (Å²) < 4.78 is 5.19. The maximum Gasteiger partial charge on any atom is 0.254 e. The van der Waals surface area contributed by atoms with E-state index in [2.05, 4.69) is 0 Å². The fraction of sp³-hybridized carbons (Fsp3) is 0.333. The van der Waals surface area contributed by atoms with Crippen LogP contribution in [0.4, 0.5) is 5.69 Å². The highest BCUT2D eigenvalue weighted by Crippen LogP contribution is 2.30. The van der Waals surface area contributed by atoms with E-state index >= 15 is 0 Å². The summed E-state index contributed by atoms with van der Waals surface area (Å²) in [5, 5.41) is 0. The van der Waals surface area contributed by atoms with Crippen LogP contribution in [0.15, 0.2) is 48.5 Å². The van der Waals surface area contributed by atoms with Crippen LogP contribution in [0.5, 0.6) is 5.75 Å². The predicted octanol–water partition coefficient (Wildman–Crippen LogP) is 3.27. The van der Waals surface area contributed by atoms with Crippen molar-refractivity contribution in [3.05, 3.63) is 59.7 Å². The van der Waals surface area contributed by atoms with Gasteiger partial charge in [0.15, 0.2) is 0 Å². The molecule has 26 heavy (non-hydrogen) atoms. The third-order valence-electron chi connectivity index (χ3n) is 4.64. The van der Waals surface area contributed by atoms with Gasteiger partial charge >= 0.3 is 0 Å². The molecule has 1 fully saturated rings. The number of nitrogens with zero attached hydrogens (tertiary/aromatic N) is 2. The lowest BCUT2D eigenvalue weighted by Gasteiger charge is -2.46. The van der Waals surface area contributed by atoms with Crippen LogP contribution in [-0.4, -0.2) is 42.5 Å². The van der Waals surface area contributed by atoms with E-state index in [1.807, 2.05) is 63.2 Å². The lowest BCUT2D eigenvalue weighted by molar-refractivity contribution is -0.122. The first-order valence-electron chi connectivity index (χ1n) is 8.65. The monoisotopic (exact) mass is 352 g/mol. The highest BCUT2D eigenvalue weighted by atomic mass is 16.5. The Morgan fingerprint density at radius 3 is 2.38 bits per heavy atom. The van der Waals surface area contributed by atoms with Crippen molar-refractivity contribution in [2.75, 3.05) is 25.1 Å². The van der Waals surface area contributed by atoms with Gasteiger partial charge in [0, 0.05) is 17.8 Å². The van der Waals surface area contributed by atoms with E-state index in [0.717, 1.165) is 17.0 Å². The summed E-state index contributed by atoms with van der Waals surface area (Å²) in [5.74, 6) is 0.546. The number of amides is 2. The molecule has 5 heteroatoms. The number of hydrogen-bond acceptors (Lipinski definition) is 3. The molecule has 5 nitrogen and oxygen atoms in total.